The van der Waals surface area contributed by atoms with E-state index >= 15 is 0 Å². The molecule has 3 rings (SSSR count). The zero-order valence-corrected chi connectivity index (χ0v) is 9.37. The lowest BCUT2D eigenvalue weighted by Crippen LogP contribution is -2.26. The van der Waals surface area contributed by atoms with Crippen molar-refractivity contribution in [2.75, 3.05) is 26.3 Å². The predicted molar refractivity (Wildman–Crippen MR) is 62.3 cm³/mol. The van der Waals surface area contributed by atoms with E-state index in [9.17, 15) is 0 Å². The van der Waals surface area contributed by atoms with Crippen LogP contribution in [0.2, 0.25) is 0 Å². The van der Waals surface area contributed by atoms with E-state index in [2.05, 4.69) is 17.4 Å². The molecule has 1 fully saturated rings. The normalized spacial score (nSPS) is 20.8. The summed E-state index contributed by atoms with van der Waals surface area (Å²) < 4.78 is 11.1. The standard InChI is InChI=1S/C13H17NO2/c1-2-12-13(16-8-7-15-12)9-11(1)10-3-5-14-6-4-10/h1-2,9-10,14H,3-8H2. The first kappa shape index (κ1) is 9.97. The molecule has 0 spiro atoms. The number of nitrogens with one attached hydrogen (secondary N) is 1. The third kappa shape index (κ3) is 1.87. The van der Waals surface area contributed by atoms with Crippen molar-refractivity contribution < 1.29 is 9.47 Å². The number of benzene rings is 1. The first-order valence-electron chi connectivity index (χ1n) is 6.04. The molecular formula is C13H17NO2. The second kappa shape index (κ2) is 4.34. The Morgan fingerprint density at radius 1 is 1.00 bits per heavy atom. The fourth-order valence-corrected chi connectivity index (χ4v) is 2.47. The molecule has 0 atom stereocenters. The number of piperidine rings is 1. The Morgan fingerprint density at radius 2 is 1.75 bits per heavy atom. The van der Waals surface area contributed by atoms with Crippen LogP contribution in [0.1, 0.15) is 24.3 Å². The monoisotopic (exact) mass is 219 g/mol. The maximum atomic E-state index is 5.61. The molecule has 2 aliphatic heterocycles. The highest BCUT2D eigenvalue weighted by atomic mass is 16.6. The number of rotatable bonds is 1. The minimum absolute atomic E-state index is 0.666. The van der Waals surface area contributed by atoms with Gasteiger partial charge in [-0.2, -0.15) is 0 Å². The van der Waals surface area contributed by atoms with Gasteiger partial charge in [-0.3, -0.25) is 0 Å². The number of fused-ring (bicyclic) bond motifs is 1. The van der Waals surface area contributed by atoms with Crippen LogP contribution >= 0.6 is 0 Å². The van der Waals surface area contributed by atoms with Crippen LogP contribution in [0.25, 0.3) is 0 Å². The van der Waals surface area contributed by atoms with Gasteiger partial charge in [0.1, 0.15) is 13.2 Å². The summed E-state index contributed by atoms with van der Waals surface area (Å²) in [5, 5.41) is 3.39. The van der Waals surface area contributed by atoms with Crippen molar-refractivity contribution in [3.63, 3.8) is 0 Å². The van der Waals surface area contributed by atoms with Crippen LogP contribution in [0.3, 0.4) is 0 Å². The lowest BCUT2D eigenvalue weighted by molar-refractivity contribution is 0.171. The summed E-state index contributed by atoms with van der Waals surface area (Å²) in [6, 6.07) is 6.39. The molecule has 3 nitrogen and oxygen atoms in total. The van der Waals surface area contributed by atoms with Gasteiger partial charge in [-0.1, -0.05) is 6.07 Å². The van der Waals surface area contributed by atoms with Gasteiger partial charge >= 0.3 is 0 Å². The molecule has 0 saturated carbocycles. The Bertz CT molecular complexity index is 372. The molecule has 2 aliphatic rings. The molecule has 16 heavy (non-hydrogen) atoms. The average Bonchev–Trinajstić information content (AvgIpc) is 2.39. The molecule has 0 amide bonds. The van der Waals surface area contributed by atoms with Crippen LogP contribution < -0.4 is 14.8 Å². The van der Waals surface area contributed by atoms with Crippen molar-refractivity contribution >= 4 is 0 Å². The third-order valence-electron chi connectivity index (χ3n) is 3.38. The van der Waals surface area contributed by atoms with E-state index in [1.54, 1.807) is 0 Å². The molecule has 3 heteroatoms. The molecule has 0 unspecified atom stereocenters. The molecule has 0 bridgehead atoms. The van der Waals surface area contributed by atoms with E-state index in [-0.39, 0.29) is 0 Å². The number of hydrogen-bond donors (Lipinski definition) is 1. The summed E-state index contributed by atoms with van der Waals surface area (Å²) >= 11 is 0. The molecule has 0 radical (unpaired) electrons. The van der Waals surface area contributed by atoms with Crippen LogP contribution in [0.15, 0.2) is 18.2 Å². The van der Waals surface area contributed by atoms with Gasteiger partial charge in [0.2, 0.25) is 0 Å². The summed E-state index contributed by atoms with van der Waals surface area (Å²) in [6.45, 7) is 3.58. The quantitative estimate of drug-likeness (QED) is 0.782. The van der Waals surface area contributed by atoms with Crippen LogP contribution in [0.4, 0.5) is 0 Å². The van der Waals surface area contributed by atoms with Crippen LogP contribution in [0.5, 0.6) is 11.5 Å². The lowest BCUT2D eigenvalue weighted by Gasteiger charge is -2.25. The van der Waals surface area contributed by atoms with Gasteiger partial charge in [0.15, 0.2) is 11.5 Å². The third-order valence-corrected chi connectivity index (χ3v) is 3.38. The van der Waals surface area contributed by atoms with Gasteiger partial charge in [0, 0.05) is 0 Å². The highest BCUT2D eigenvalue weighted by Gasteiger charge is 2.18. The van der Waals surface area contributed by atoms with Gasteiger partial charge in [-0.05, 0) is 49.5 Å². The van der Waals surface area contributed by atoms with E-state index < -0.39 is 0 Å². The average molecular weight is 219 g/mol. The molecule has 2 heterocycles. The van der Waals surface area contributed by atoms with E-state index in [0.717, 1.165) is 24.6 Å². The maximum absolute atomic E-state index is 5.61. The first-order chi connectivity index (χ1) is 7.93. The Labute approximate surface area is 95.8 Å². The summed E-state index contributed by atoms with van der Waals surface area (Å²) in [4.78, 5) is 0. The topological polar surface area (TPSA) is 30.5 Å². The lowest BCUT2D eigenvalue weighted by atomic mass is 9.90. The van der Waals surface area contributed by atoms with E-state index in [4.69, 9.17) is 9.47 Å². The summed E-state index contributed by atoms with van der Waals surface area (Å²) in [5.41, 5.74) is 1.39. The number of ether oxygens (including phenoxy) is 2. The van der Waals surface area contributed by atoms with Gasteiger partial charge in [-0.25, -0.2) is 0 Å². The minimum Gasteiger partial charge on any atom is -0.486 e. The zero-order valence-electron chi connectivity index (χ0n) is 9.37. The van der Waals surface area contributed by atoms with Crippen molar-refractivity contribution in [2.24, 2.45) is 0 Å². The Morgan fingerprint density at radius 3 is 2.56 bits per heavy atom. The maximum Gasteiger partial charge on any atom is 0.161 e. The molecule has 1 aromatic carbocycles. The SMILES string of the molecule is c1cc2c(cc1C1CCNCC1)OCCO2. The molecule has 86 valence electrons. The van der Waals surface area contributed by atoms with Gasteiger partial charge in [0.05, 0.1) is 0 Å². The highest BCUT2D eigenvalue weighted by molar-refractivity contribution is 5.44. The second-order valence-corrected chi connectivity index (χ2v) is 4.43. The van der Waals surface area contributed by atoms with Crippen molar-refractivity contribution in [3.8, 4) is 11.5 Å². The van der Waals surface area contributed by atoms with Gasteiger partial charge in [0.25, 0.3) is 0 Å². The summed E-state index contributed by atoms with van der Waals surface area (Å²) in [7, 11) is 0. The fraction of sp³-hybridized carbons (Fsp3) is 0.538. The number of hydrogen-bond acceptors (Lipinski definition) is 3. The molecule has 0 aliphatic carbocycles. The Hall–Kier alpha value is -1.22. The summed E-state index contributed by atoms with van der Waals surface area (Å²) in [6.07, 6.45) is 2.44. The molecule has 1 N–H and O–H groups in total. The minimum atomic E-state index is 0.666. The van der Waals surface area contributed by atoms with E-state index in [1.165, 1.54) is 18.4 Å². The molecule has 0 aromatic heterocycles. The highest BCUT2D eigenvalue weighted by Crippen LogP contribution is 2.35. The van der Waals surface area contributed by atoms with Crippen LogP contribution in [-0.2, 0) is 0 Å². The van der Waals surface area contributed by atoms with E-state index in [0.29, 0.717) is 19.1 Å². The van der Waals surface area contributed by atoms with Crippen molar-refractivity contribution in [1.29, 1.82) is 0 Å². The van der Waals surface area contributed by atoms with Crippen molar-refractivity contribution in [3.05, 3.63) is 23.8 Å². The van der Waals surface area contributed by atoms with Gasteiger partial charge in [-0.15, -0.1) is 0 Å². The van der Waals surface area contributed by atoms with E-state index in [1.807, 2.05) is 6.07 Å². The first-order valence-corrected chi connectivity index (χ1v) is 6.04. The second-order valence-electron chi connectivity index (χ2n) is 4.43. The Kier molecular flexibility index (Phi) is 2.70. The van der Waals surface area contributed by atoms with Crippen molar-refractivity contribution in [2.45, 2.75) is 18.8 Å². The smallest absolute Gasteiger partial charge is 0.161 e. The molecular weight excluding hydrogens is 202 g/mol. The largest absolute Gasteiger partial charge is 0.486 e. The fourth-order valence-electron chi connectivity index (χ4n) is 2.47. The van der Waals surface area contributed by atoms with Crippen LogP contribution in [-0.4, -0.2) is 26.3 Å². The molecule has 1 saturated heterocycles. The van der Waals surface area contributed by atoms with Crippen LogP contribution in [0, 0.1) is 0 Å². The predicted octanol–water partition coefficient (Wildman–Crippen LogP) is 1.92. The summed E-state index contributed by atoms with van der Waals surface area (Å²) in [5.74, 6) is 2.49. The van der Waals surface area contributed by atoms with Gasteiger partial charge < -0.3 is 14.8 Å². The van der Waals surface area contributed by atoms with Crippen molar-refractivity contribution in [1.82, 2.24) is 5.32 Å². The Balaban J connectivity index is 1.84. The molecule has 1 aromatic rings. The zero-order chi connectivity index (χ0) is 10.8.